The molecule has 0 fully saturated rings. The molecule has 0 aromatic heterocycles. The first-order chi connectivity index (χ1) is 7.53. The second-order valence-electron chi connectivity index (χ2n) is 4.34. The normalized spacial score (nSPS) is 28.9. The number of ether oxygens (including phenoxy) is 1. The van der Waals surface area contributed by atoms with Crippen molar-refractivity contribution >= 4 is 5.97 Å². The quantitative estimate of drug-likeness (QED) is 0.728. The lowest BCUT2D eigenvalue weighted by molar-refractivity contribution is -0.148. The van der Waals surface area contributed by atoms with Crippen LogP contribution in [-0.2, 0) is 9.53 Å². The first-order valence-electron chi connectivity index (χ1n) is 5.45. The summed E-state index contributed by atoms with van der Waals surface area (Å²) in [5, 5.41) is 9.36. The Bertz CT molecular complexity index is 359. The van der Waals surface area contributed by atoms with E-state index in [1.165, 1.54) is 0 Å². The Balaban J connectivity index is 3.01. The molecule has 0 spiro atoms. The number of carbonyl (C=O) groups is 1. The molecule has 0 heterocycles. The largest absolute Gasteiger partial charge is 0.481 e. The number of aliphatic carboxylic acids is 1. The van der Waals surface area contributed by atoms with E-state index in [4.69, 9.17) is 4.74 Å². The van der Waals surface area contributed by atoms with Crippen LogP contribution in [0.4, 0.5) is 0 Å². The fourth-order valence-corrected chi connectivity index (χ4v) is 1.95. The van der Waals surface area contributed by atoms with Gasteiger partial charge in [-0.3, -0.25) is 4.79 Å². The highest BCUT2D eigenvalue weighted by Gasteiger charge is 2.43. The molecular weight excluding hydrogens is 204 g/mol. The molecule has 0 amide bonds. The maximum Gasteiger partial charge on any atom is 0.314 e. The van der Waals surface area contributed by atoms with Gasteiger partial charge in [-0.15, -0.1) is 0 Å². The molecule has 0 radical (unpaired) electrons. The molecule has 1 aliphatic rings. The third-order valence-electron chi connectivity index (χ3n) is 3.38. The van der Waals surface area contributed by atoms with Gasteiger partial charge < -0.3 is 9.84 Å². The zero-order chi connectivity index (χ0) is 12.2. The molecule has 0 aromatic rings. The molecule has 1 N–H and O–H groups in total. The van der Waals surface area contributed by atoms with Crippen molar-refractivity contribution in [1.82, 2.24) is 0 Å². The Morgan fingerprint density at radius 2 is 2.44 bits per heavy atom. The van der Waals surface area contributed by atoms with Gasteiger partial charge in [0, 0.05) is 12.7 Å². The van der Waals surface area contributed by atoms with Crippen LogP contribution in [0.1, 0.15) is 26.7 Å². The first kappa shape index (κ1) is 12.8. The summed E-state index contributed by atoms with van der Waals surface area (Å²) in [5.41, 5.74) is -0.130. The highest BCUT2D eigenvalue weighted by atomic mass is 16.5. The van der Waals surface area contributed by atoms with Crippen LogP contribution < -0.4 is 0 Å². The van der Waals surface area contributed by atoms with E-state index in [1.54, 1.807) is 14.0 Å². The van der Waals surface area contributed by atoms with Gasteiger partial charge in [0.2, 0.25) is 0 Å². The van der Waals surface area contributed by atoms with Crippen molar-refractivity contribution in [3.8, 4) is 11.8 Å². The summed E-state index contributed by atoms with van der Waals surface area (Å²) in [6.45, 7) is 4.06. The van der Waals surface area contributed by atoms with Crippen molar-refractivity contribution in [3.05, 3.63) is 11.6 Å². The van der Waals surface area contributed by atoms with Crippen molar-refractivity contribution < 1.29 is 14.6 Å². The number of rotatable bonds is 2. The lowest BCUT2D eigenvalue weighted by Gasteiger charge is -2.34. The van der Waals surface area contributed by atoms with Gasteiger partial charge in [0.1, 0.15) is 6.61 Å². The average molecular weight is 222 g/mol. The number of hydrogen-bond acceptors (Lipinski definition) is 2. The highest BCUT2D eigenvalue weighted by molar-refractivity contribution is 5.80. The van der Waals surface area contributed by atoms with E-state index in [0.29, 0.717) is 6.61 Å². The standard InChI is InChI=1S/C13H18O3/c1-10-6-4-7-11(8-5-9-16-3)13(10,2)12(14)15/h7,10H,4,6,9H2,1-3H3,(H,14,15)/t10-,13-/m1/s1. The van der Waals surface area contributed by atoms with Crippen molar-refractivity contribution in [2.75, 3.05) is 13.7 Å². The summed E-state index contributed by atoms with van der Waals surface area (Å²) in [5.74, 6) is 5.08. The fraction of sp³-hybridized carbons (Fsp3) is 0.615. The van der Waals surface area contributed by atoms with E-state index in [9.17, 15) is 9.90 Å². The molecule has 0 saturated heterocycles. The van der Waals surface area contributed by atoms with Gasteiger partial charge in [0.05, 0.1) is 5.41 Å². The van der Waals surface area contributed by atoms with Crippen LogP contribution in [0.3, 0.4) is 0 Å². The number of carboxylic acid groups (broad SMARTS) is 1. The third-order valence-corrected chi connectivity index (χ3v) is 3.38. The molecule has 0 aliphatic heterocycles. The van der Waals surface area contributed by atoms with Crippen LogP contribution in [0.25, 0.3) is 0 Å². The minimum absolute atomic E-state index is 0.113. The maximum atomic E-state index is 11.4. The summed E-state index contributed by atoms with van der Waals surface area (Å²) >= 11 is 0. The summed E-state index contributed by atoms with van der Waals surface area (Å²) in [4.78, 5) is 11.4. The van der Waals surface area contributed by atoms with Crippen molar-refractivity contribution in [1.29, 1.82) is 0 Å². The lowest BCUT2D eigenvalue weighted by atomic mass is 9.67. The lowest BCUT2D eigenvalue weighted by Crippen LogP contribution is -2.38. The van der Waals surface area contributed by atoms with Gasteiger partial charge in [-0.05, 0) is 25.7 Å². The number of carboxylic acids is 1. The molecule has 1 aliphatic carbocycles. The smallest absolute Gasteiger partial charge is 0.314 e. The Labute approximate surface area is 96.5 Å². The Hall–Kier alpha value is -1.27. The van der Waals surface area contributed by atoms with Crippen molar-refractivity contribution in [3.63, 3.8) is 0 Å². The molecule has 2 atom stereocenters. The topological polar surface area (TPSA) is 46.5 Å². The predicted molar refractivity (Wildman–Crippen MR) is 61.9 cm³/mol. The van der Waals surface area contributed by atoms with E-state index in [-0.39, 0.29) is 5.92 Å². The first-order valence-corrected chi connectivity index (χ1v) is 5.45. The highest BCUT2D eigenvalue weighted by Crippen LogP contribution is 2.41. The van der Waals surface area contributed by atoms with Gasteiger partial charge >= 0.3 is 5.97 Å². The average Bonchev–Trinajstić information content (AvgIpc) is 2.24. The van der Waals surface area contributed by atoms with Crippen LogP contribution >= 0.6 is 0 Å². The van der Waals surface area contributed by atoms with Gasteiger partial charge in [0.15, 0.2) is 0 Å². The molecule has 0 aromatic carbocycles. The molecule has 16 heavy (non-hydrogen) atoms. The minimum Gasteiger partial charge on any atom is -0.481 e. The Morgan fingerprint density at radius 3 is 3.00 bits per heavy atom. The molecule has 0 saturated carbocycles. The molecule has 1 rings (SSSR count). The molecule has 0 bridgehead atoms. The number of allylic oxidation sites excluding steroid dienone is 1. The van der Waals surface area contributed by atoms with E-state index in [1.807, 2.05) is 13.0 Å². The molecule has 3 nitrogen and oxygen atoms in total. The zero-order valence-electron chi connectivity index (χ0n) is 10.0. The number of hydrogen-bond donors (Lipinski definition) is 1. The zero-order valence-corrected chi connectivity index (χ0v) is 10.0. The second kappa shape index (κ2) is 5.18. The van der Waals surface area contributed by atoms with Gasteiger partial charge in [0.25, 0.3) is 0 Å². The molecule has 88 valence electrons. The van der Waals surface area contributed by atoms with Crippen LogP contribution in [-0.4, -0.2) is 24.8 Å². The third kappa shape index (κ3) is 2.28. The summed E-state index contributed by atoms with van der Waals surface area (Å²) in [7, 11) is 1.57. The van der Waals surface area contributed by atoms with E-state index < -0.39 is 11.4 Å². The molecule has 0 unspecified atom stereocenters. The van der Waals surface area contributed by atoms with Crippen LogP contribution in [0, 0.1) is 23.2 Å². The summed E-state index contributed by atoms with van der Waals surface area (Å²) in [6, 6.07) is 0. The summed E-state index contributed by atoms with van der Waals surface area (Å²) < 4.78 is 4.84. The second-order valence-corrected chi connectivity index (χ2v) is 4.34. The molecular formula is C13H18O3. The fourth-order valence-electron chi connectivity index (χ4n) is 1.95. The van der Waals surface area contributed by atoms with Crippen LogP contribution in [0.2, 0.25) is 0 Å². The predicted octanol–water partition coefficient (Wildman–Crippen LogP) is 2.08. The van der Waals surface area contributed by atoms with Gasteiger partial charge in [-0.2, -0.15) is 0 Å². The van der Waals surface area contributed by atoms with E-state index in [0.717, 1.165) is 18.4 Å². The minimum atomic E-state index is -0.848. The SMILES string of the molecule is COCC#CC1=CCC[C@@H](C)[C@@]1(C)C(=O)O. The monoisotopic (exact) mass is 222 g/mol. The van der Waals surface area contributed by atoms with Crippen LogP contribution in [0.15, 0.2) is 11.6 Å². The van der Waals surface area contributed by atoms with Gasteiger partial charge in [-0.25, -0.2) is 0 Å². The summed E-state index contributed by atoms with van der Waals surface area (Å²) in [6.07, 6.45) is 3.75. The van der Waals surface area contributed by atoms with Crippen molar-refractivity contribution in [2.24, 2.45) is 11.3 Å². The molecule has 3 heteroatoms. The van der Waals surface area contributed by atoms with Gasteiger partial charge in [-0.1, -0.05) is 24.8 Å². The van der Waals surface area contributed by atoms with E-state index in [2.05, 4.69) is 11.8 Å². The van der Waals surface area contributed by atoms with Crippen LogP contribution in [0.5, 0.6) is 0 Å². The number of methoxy groups -OCH3 is 1. The Kier molecular flexibility index (Phi) is 4.14. The maximum absolute atomic E-state index is 11.4. The van der Waals surface area contributed by atoms with E-state index >= 15 is 0 Å². The van der Waals surface area contributed by atoms with Crippen molar-refractivity contribution in [2.45, 2.75) is 26.7 Å². The Morgan fingerprint density at radius 1 is 1.75 bits per heavy atom.